The standard InChI is InChI=1S/C8H8BrINOP/c9-5-3-6-7(11-4-5)1-2-8(6)12-13-10/h3-4,8,13H,1-2H2. The lowest BCUT2D eigenvalue weighted by Crippen LogP contribution is -1.93. The highest BCUT2D eigenvalue weighted by atomic mass is 127. The highest BCUT2D eigenvalue weighted by Gasteiger charge is 2.24. The summed E-state index contributed by atoms with van der Waals surface area (Å²) in [6, 6.07) is 2.12. The lowest BCUT2D eigenvalue weighted by Gasteiger charge is -2.09. The maximum absolute atomic E-state index is 5.64. The number of aryl methyl sites for hydroxylation is 1. The molecule has 70 valence electrons. The molecule has 1 aliphatic rings. The molecule has 0 aliphatic heterocycles. The second-order valence-corrected chi connectivity index (χ2v) is 5.54. The van der Waals surface area contributed by atoms with Crippen molar-refractivity contribution in [1.29, 1.82) is 0 Å². The number of fused-ring (bicyclic) bond motifs is 1. The minimum atomic E-state index is 0.273. The van der Waals surface area contributed by atoms with Gasteiger partial charge in [0.2, 0.25) is 0 Å². The number of pyridine rings is 1. The summed E-state index contributed by atoms with van der Waals surface area (Å²) in [4.78, 5) is 4.37. The van der Waals surface area contributed by atoms with Crippen LogP contribution < -0.4 is 0 Å². The first-order valence-electron chi connectivity index (χ1n) is 3.97. The molecule has 1 aromatic rings. The van der Waals surface area contributed by atoms with Crippen LogP contribution in [0.15, 0.2) is 16.7 Å². The van der Waals surface area contributed by atoms with Gasteiger partial charge in [0.05, 0.1) is 12.6 Å². The van der Waals surface area contributed by atoms with Crippen molar-refractivity contribution in [2.75, 3.05) is 0 Å². The molecule has 1 aliphatic carbocycles. The van der Waals surface area contributed by atoms with E-state index in [9.17, 15) is 0 Å². The largest absolute Gasteiger partial charge is 0.344 e. The minimum absolute atomic E-state index is 0.273. The number of hydrogen-bond acceptors (Lipinski definition) is 2. The van der Waals surface area contributed by atoms with Crippen molar-refractivity contribution in [2.24, 2.45) is 0 Å². The average molecular weight is 372 g/mol. The summed E-state index contributed by atoms with van der Waals surface area (Å²) in [7, 11) is 0. The van der Waals surface area contributed by atoms with Crippen molar-refractivity contribution < 1.29 is 4.52 Å². The summed E-state index contributed by atoms with van der Waals surface area (Å²) in [5, 5.41) is 0. The van der Waals surface area contributed by atoms with E-state index in [0.717, 1.165) is 17.3 Å². The minimum Gasteiger partial charge on any atom is -0.344 e. The molecule has 13 heavy (non-hydrogen) atoms. The van der Waals surface area contributed by atoms with Gasteiger partial charge in [0.15, 0.2) is 0 Å². The van der Waals surface area contributed by atoms with Gasteiger partial charge >= 0.3 is 0 Å². The Bertz CT molecular complexity index is 321. The molecule has 0 fully saturated rings. The number of nitrogens with zero attached hydrogens (tertiary/aromatic N) is 1. The van der Waals surface area contributed by atoms with Gasteiger partial charge in [-0.3, -0.25) is 4.98 Å². The van der Waals surface area contributed by atoms with Gasteiger partial charge in [0.25, 0.3) is 0 Å². The fourth-order valence-electron chi connectivity index (χ4n) is 1.57. The summed E-state index contributed by atoms with van der Waals surface area (Å²) in [5.41, 5.74) is 2.46. The van der Waals surface area contributed by atoms with E-state index in [1.54, 1.807) is 0 Å². The molecular weight excluding hydrogens is 364 g/mol. The third-order valence-electron chi connectivity index (χ3n) is 2.15. The van der Waals surface area contributed by atoms with Crippen molar-refractivity contribution in [2.45, 2.75) is 18.9 Å². The molecule has 2 rings (SSSR count). The molecule has 1 aromatic heterocycles. The molecule has 0 N–H and O–H groups in total. The first-order valence-corrected chi connectivity index (χ1v) is 8.78. The molecule has 0 bridgehead atoms. The summed E-state index contributed by atoms with van der Waals surface area (Å²) in [6.07, 6.45) is 4.26. The Balaban J connectivity index is 2.29. The second kappa shape index (κ2) is 4.51. The van der Waals surface area contributed by atoms with Gasteiger partial charge in [0, 0.05) is 21.9 Å². The number of hydrogen-bond donors (Lipinski definition) is 0. The van der Waals surface area contributed by atoms with Crippen LogP contribution in [0.4, 0.5) is 0 Å². The van der Waals surface area contributed by atoms with Gasteiger partial charge in [-0.25, -0.2) is 0 Å². The lowest BCUT2D eigenvalue weighted by molar-refractivity contribution is 0.246. The third-order valence-corrected chi connectivity index (χ3v) is 3.72. The Morgan fingerprint density at radius 2 is 2.54 bits per heavy atom. The van der Waals surface area contributed by atoms with Gasteiger partial charge in [0.1, 0.15) is 0 Å². The number of halogens is 2. The predicted molar refractivity (Wildman–Crippen MR) is 66.4 cm³/mol. The van der Waals surface area contributed by atoms with Crippen LogP contribution in [0.1, 0.15) is 23.8 Å². The fraction of sp³-hybridized carbons (Fsp3) is 0.375. The van der Waals surface area contributed by atoms with Crippen LogP contribution in [0.25, 0.3) is 0 Å². The van der Waals surface area contributed by atoms with E-state index < -0.39 is 0 Å². The Morgan fingerprint density at radius 3 is 3.31 bits per heavy atom. The Kier molecular flexibility index (Phi) is 3.57. The summed E-state index contributed by atoms with van der Waals surface area (Å²) in [6.45, 7) is 0.527. The van der Waals surface area contributed by atoms with E-state index in [1.807, 2.05) is 6.20 Å². The van der Waals surface area contributed by atoms with Crippen LogP contribution in [0.5, 0.6) is 0 Å². The van der Waals surface area contributed by atoms with Gasteiger partial charge in [-0.2, -0.15) is 0 Å². The first-order chi connectivity index (χ1) is 6.31. The van der Waals surface area contributed by atoms with Crippen LogP contribution in [0, 0.1) is 0 Å². The van der Waals surface area contributed by atoms with Crippen LogP contribution in [-0.2, 0) is 10.9 Å². The molecule has 2 unspecified atom stereocenters. The lowest BCUT2D eigenvalue weighted by atomic mass is 10.2. The normalized spacial score (nSPS) is 21.2. The van der Waals surface area contributed by atoms with Gasteiger partial charge in [-0.05, 0) is 56.9 Å². The van der Waals surface area contributed by atoms with Crippen molar-refractivity contribution in [3.63, 3.8) is 0 Å². The molecule has 2 nitrogen and oxygen atoms in total. The summed E-state index contributed by atoms with van der Waals surface area (Å²) >= 11 is 5.68. The maximum atomic E-state index is 5.64. The third kappa shape index (κ3) is 2.22. The topological polar surface area (TPSA) is 22.1 Å². The van der Waals surface area contributed by atoms with E-state index in [1.165, 1.54) is 11.3 Å². The quantitative estimate of drug-likeness (QED) is 0.583. The predicted octanol–water partition coefficient (Wildman–Crippen LogP) is 3.79. The molecule has 0 aromatic carbocycles. The van der Waals surface area contributed by atoms with Crippen molar-refractivity contribution >= 4 is 44.4 Å². The molecule has 2 atom stereocenters. The van der Waals surface area contributed by atoms with Crippen molar-refractivity contribution in [1.82, 2.24) is 4.98 Å². The molecule has 0 saturated carbocycles. The molecule has 0 amide bonds. The van der Waals surface area contributed by atoms with Gasteiger partial charge in [-0.15, -0.1) is 0 Å². The van der Waals surface area contributed by atoms with Gasteiger partial charge < -0.3 is 4.52 Å². The van der Waals surface area contributed by atoms with Crippen LogP contribution in [0.3, 0.4) is 0 Å². The van der Waals surface area contributed by atoms with E-state index >= 15 is 0 Å². The SMILES string of the molecule is Brc1cnc2c(c1)C(OPI)CC2. The molecule has 0 saturated heterocycles. The Hall–Kier alpha value is 0.750. The van der Waals surface area contributed by atoms with E-state index in [0.29, 0.717) is 6.45 Å². The maximum Gasteiger partial charge on any atom is 0.0896 e. The number of aromatic nitrogens is 1. The van der Waals surface area contributed by atoms with Crippen LogP contribution in [0.2, 0.25) is 0 Å². The monoisotopic (exact) mass is 371 g/mol. The Morgan fingerprint density at radius 1 is 1.69 bits per heavy atom. The zero-order valence-electron chi connectivity index (χ0n) is 6.76. The average Bonchev–Trinajstić information content (AvgIpc) is 2.49. The van der Waals surface area contributed by atoms with Crippen LogP contribution in [-0.4, -0.2) is 4.98 Å². The van der Waals surface area contributed by atoms with E-state index in [2.05, 4.69) is 49.0 Å². The second-order valence-electron chi connectivity index (χ2n) is 2.91. The van der Waals surface area contributed by atoms with E-state index in [4.69, 9.17) is 4.52 Å². The summed E-state index contributed by atoms with van der Waals surface area (Å²) < 4.78 is 6.68. The first kappa shape index (κ1) is 10.3. The fourth-order valence-corrected chi connectivity index (χ4v) is 3.19. The molecule has 1 heterocycles. The van der Waals surface area contributed by atoms with E-state index in [-0.39, 0.29) is 6.10 Å². The number of rotatable bonds is 2. The molecule has 5 heteroatoms. The van der Waals surface area contributed by atoms with Crippen molar-refractivity contribution in [3.05, 3.63) is 28.0 Å². The van der Waals surface area contributed by atoms with Crippen molar-refractivity contribution in [3.8, 4) is 0 Å². The molecular formula is C8H8BrINOP. The molecule has 0 radical (unpaired) electrons. The zero-order chi connectivity index (χ0) is 9.26. The molecule has 0 spiro atoms. The Labute approximate surface area is 100 Å². The van der Waals surface area contributed by atoms with Crippen LogP contribution >= 0.6 is 44.4 Å². The van der Waals surface area contributed by atoms with Gasteiger partial charge in [-0.1, -0.05) is 0 Å². The smallest absolute Gasteiger partial charge is 0.0896 e. The summed E-state index contributed by atoms with van der Waals surface area (Å²) in [5.74, 6) is 0. The zero-order valence-corrected chi connectivity index (χ0v) is 11.5. The highest BCUT2D eigenvalue weighted by Crippen LogP contribution is 2.40. The highest BCUT2D eigenvalue weighted by molar-refractivity contribution is 14.2.